The van der Waals surface area contributed by atoms with Crippen LogP contribution in [0.3, 0.4) is 0 Å². The molecular formula is C23H17F7N6O. The van der Waals surface area contributed by atoms with Gasteiger partial charge in [-0.15, -0.1) is 0 Å². The first-order valence-corrected chi connectivity index (χ1v) is 11.0. The maximum atomic E-state index is 15.1. The standard InChI is InChI=1S/C23H17F7N6O/c24-16-6-17-14(18-15(21(31)34-17)8-33-36(18)20(27)19(25)26)5-13(16)22(37)35(12-3-4-12)9-11-2-1-10(7-32-11)23(28,29)30/h1-2,5-8,12,19-20H,3-4,9H2,(H2,31,34). The Morgan fingerprint density at radius 2 is 1.86 bits per heavy atom. The first-order chi connectivity index (χ1) is 17.5. The fraction of sp³-hybridized carbons (Fsp3) is 0.304. The Hall–Kier alpha value is -3.97. The average Bonchev–Trinajstić information content (AvgIpc) is 3.58. The number of aromatic nitrogens is 4. The highest BCUT2D eigenvalue weighted by atomic mass is 19.4. The van der Waals surface area contributed by atoms with Crippen LogP contribution in [0, 0.1) is 5.82 Å². The number of hydrogen-bond donors (Lipinski definition) is 1. The van der Waals surface area contributed by atoms with Crippen molar-refractivity contribution in [1.82, 2.24) is 24.6 Å². The first kappa shape index (κ1) is 24.7. The highest BCUT2D eigenvalue weighted by Gasteiger charge is 2.36. The molecule has 3 heterocycles. The molecule has 4 aromatic rings. The van der Waals surface area contributed by atoms with Gasteiger partial charge in [-0.1, -0.05) is 0 Å². The molecule has 14 heteroatoms. The van der Waals surface area contributed by atoms with E-state index in [9.17, 15) is 31.1 Å². The summed E-state index contributed by atoms with van der Waals surface area (Å²) in [5.74, 6) is -1.99. The molecular weight excluding hydrogens is 509 g/mol. The third-order valence-electron chi connectivity index (χ3n) is 6.06. The summed E-state index contributed by atoms with van der Waals surface area (Å²) in [4.78, 5) is 22.5. The lowest BCUT2D eigenvalue weighted by molar-refractivity contribution is -0.137. The van der Waals surface area contributed by atoms with E-state index >= 15 is 4.39 Å². The van der Waals surface area contributed by atoms with E-state index in [-0.39, 0.29) is 45.9 Å². The van der Waals surface area contributed by atoms with Crippen LogP contribution in [0.4, 0.5) is 36.6 Å². The third-order valence-corrected chi connectivity index (χ3v) is 6.06. The molecule has 1 unspecified atom stereocenters. The summed E-state index contributed by atoms with van der Waals surface area (Å²) >= 11 is 0. The van der Waals surface area contributed by atoms with Gasteiger partial charge in [0.15, 0.2) is 0 Å². The third kappa shape index (κ3) is 4.51. The molecule has 0 saturated heterocycles. The van der Waals surface area contributed by atoms with Crippen molar-refractivity contribution in [3.8, 4) is 0 Å². The van der Waals surface area contributed by atoms with Crippen LogP contribution >= 0.6 is 0 Å². The molecule has 0 spiro atoms. The van der Waals surface area contributed by atoms with Gasteiger partial charge in [0.05, 0.1) is 46.0 Å². The van der Waals surface area contributed by atoms with Gasteiger partial charge >= 0.3 is 6.18 Å². The Labute approximate surface area is 203 Å². The number of carbonyl (C=O) groups is 1. The van der Waals surface area contributed by atoms with Crippen LogP contribution < -0.4 is 5.73 Å². The number of benzene rings is 1. The van der Waals surface area contributed by atoms with Gasteiger partial charge in [-0.05, 0) is 31.0 Å². The predicted octanol–water partition coefficient (Wildman–Crippen LogP) is 5.26. The number of anilines is 1. The van der Waals surface area contributed by atoms with E-state index < -0.39 is 41.7 Å². The number of halogens is 7. The summed E-state index contributed by atoms with van der Waals surface area (Å²) in [6.07, 6.45) is -7.96. The Morgan fingerprint density at radius 3 is 2.46 bits per heavy atom. The van der Waals surface area contributed by atoms with Gasteiger partial charge in [-0.2, -0.15) is 18.3 Å². The molecule has 1 aliphatic rings. The van der Waals surface area contributed by atoms with Crippen LogP contribution in [-0.4, -0.2) is 43.0 Å². The van der Waals surface area contributed by atoms with E-state index in [4.69, 9.17) is 5.73 Å². The molecule has 1 amide bonds. The number of nitrogens with zero attached hydrogens (tertiary/aromatic N) is 5. The lowest BCUT2D eigenvalue weighted by Gasteiger charge is -2.23. The van der Waals surface area contributed by atoms with Crippen LogP contribution in [-0.2, 0) is 12.7 Å². The second-order valence-electron chi connectivity index (χ2n) is 8.60. The van der Waals surface area contributed by atoms with E-state index in [1.54, 1.807) is 0 Å². The van der Waals surface area contributed by atoms with Crippen LogP contribution in [0.1, 0.15) is 40.8 Å². The first-order valence-electron chi connectivity index (χ1n) is 11.0. The smallest absolute Gasteiger partial charge is 0.383 e. The molecule has 0 aliphatic heterocycles. The summed E-state index contributed by atoms with van der Waals surface area (Å²) in [5, 5.41) is 3.65. The molecule has 3 aromatic heterocycles. The highest BCUT2D eigenvalue weighted by Crippen LogP contribution is 2.35. The van der Waals surface area contributed by atoms with Gasteiger partial charge in [-0.3, -0.25) is 9.78 Å². The minimum Gasteiger partial charge on any atom is -0.383 e. The van der Waals surface area contributed by atoms with Crippen molar-refractivity contribution in [2.45, 2.75) is 44.3 Å². The number of pyridine rings is 2. The van der Waals surface area contributed by atoms with Crippen LogP contribution in [0.5, 0.6) is 0 Å². The quantitative estimate of drug-likeness (QED) is 0.347. The summed E-state index contributed by atoms with van der Waals surface area (Å²) < 4.78 is 94.5. The van der Waals surface area contributed by atoms with E-state index in [1.807, 2.05) is 0 Å². The monoisotopic (exact) mass is 526 g/mol. The van der Waals surface area contributed by atoms with Crippen molar-refractivity contribution >= 4 is 33.5 Å². The van der Waals surface area contributed by atoms with Gasteiger partial charge in [0.1, 0.15) is 11.6 Å². The molecule has 194 valence electrons. The molecule has 37 heavy (non-hydrogen) atoms. The number of amides is 1. The Bertz CT molecular complexity index is 1500. The number of fused-ring (bicyclic) bond motifs is 3. The Balaban J connectivity index is 1.56. The summed E-state index contributed by atoms with van der Waals surface area (Å²) in [6.45, 7) is -0.190. The van der Waals surface area contributed by atoms with Crippen LogP contribution in [0.2, 0.25) is 0 Å². The van der Waals surface area contributed by atoms with Crippen molar-refractivity contribution in [3.05, 3.63) is 59.3 Å². The molecule has 2 N–H and O–H groups in total. The van der Waals surface area contributed by atoms with Gasteiger partial charge in [0.25, 0.3) is 18.6 Å². The molecule has 0 radical (unpaired) electrons. The Morgan fingerprint density at radius 1 is 1.14 bits per heavy atom. The van der Waals surface area contributed by atoms with Crippen molar-refractivity contribution in [2.24, 2.45) is 0 Å². The maximum Gasteiger partial charge on any atom is 0.417 e. The van der Waals surface area contributed by atoms with Crippen molar-refractivity contribution < 1.29 is 35.5 Å². The van der Waals surface area contributed by atoms with Crippen LogP contribution in [0.25, 0.3) is 21.8 Å². The zero-order chi connectivity index (χ0) is 26.6. The lowest BCUT2D eigenvalue weighted by atomic mass is 10.1. The molecule has 1 aromatic carbocycles. The number of alkyl halides is 6. The summed E-state index contributed by atoms with van der Waals surface area (Å²) in [5.41, 5.74) is 4.28. The van der Waals surface area contributed by atoms with Gasteiger partial charge in [-0.25, -0.2) is 27.2 Å². The predicted molar refractivity (Wildman–Crippen MR) is 118 cm³/mol. The van der Waals surface area contributed by atoms with Crippen molar-refractivity contribution in [2.75, 3.05) is 5.73 Å². The summed E-state index contributed by atoms with van der Waals surface area (Å²) in [7, 11) is 0. The lowest BCUT2D eigenvalue weighted by Crippen LogP contribution is -2.33. The number of rotatable bonds is 6. The molecule has 1 aliphatic carbocycles. The zero-order valence-corrected chi connectivity index (χ0v) is 18.7. The van der Waals surface area contributed by atoms with E-state index in [0.717, 1.165) is 30.5 Å². The molecule has 0 bridgehead atoms. The SMILES string of the molecule is Nc1nc2cc(F)c(C(=O)N(Cc3ccc(C(F)(F)F)cn3)C3CC3)cc2c2c1cnn2C(F)C(F)F. The van der Waals surface area contributed by atoms with Crippen molar-refractivity contribution in [1.29, 1.82) is 0 Å². The number of hydrogen-bond acceptors (Lipinski definition) is 5. The van der Waals surface area contributed by atoms with E-state index in [1.165, 1.54) is 4.90 Å². The molecule has 1 fully saturated rings. The fourth-order valence-corrected chi connectivity index (χ4v) is 4.08. The maximum absolute atomic E-state index is 15.1. The van der Waals surface area contributed by atoms with E-state index in [2.05, 4.69) is 15.1 Å². The normalized spacial score (nSPS) is 15.0. The fourth-order valence-electron chi connectivity index (χ4n) is 4.08. The molecule has 5 rings (SSSR count). The van der Waals surface area contributed by atoms with Crippen LogP contribution in [0.15, 0.2) is 36.7 Å². The molecule has 1 atom stereocenters. The Kier molecular flexibility index (Phi) is 5.91. The van der Waals surface area contributed by atoms with Gasteiger partial charge < -0.3 is 10.6 Å². The topological polar surface area (TPSA) is 89.9 Å². The minimum atomic E-state index is -4.58. The van der Waals surface area contributed by atoms with Crippen molar-refractivity contribution in [3.63, 3.8) is 0 Å². The highest BCUT2D eigenvalue weighted by molar-refractivity contribution is 6.10. The number of carbonyl (C=O) groups excluding carboxylic acids is 1. The minimum absolute atomic E-state index is 0.0295. The zero-order valence-electron chi connectivity index (χ0n) is 18.7. The number of nitrogen functional groups attached to an aromatic ring is 1. The largest absolute Gasteiger partial charge is 0.417 e. The van der Waals surface area contributed by atoms with Gasteiger partial charge in [0.2, 0.25) is 0 Å². The summed E-state index contributed by atoms with van der Waals surface area (Å²) in [6, 6.07) is 3.61. The van der Waals surface area contributed by atoms with Gasteiger partial charge in [0, 0.05) is 23.7 Å². The second-order valence-corrected chi connectivity index (χ2v) is 8.60. The van der Waals surface area contributed by atoms with E-state index in [0.29, 0.717) is 23.7 Å². The average molecular weight is 526 g/mol. The molecule has 7 nitrogen and oxygen atoms in total. The number of nitrogens with two attached hydrogens (primary N) is 1. The molecule has 1 saturated carbocycles. The second kappa shape index (κ2) is 8.85.